The molecule has 0 saturated carbocycles. The molecule has 0 atom stereocenters. The second-order valence-corrected chi connectivity index (χ2v) is 8.21. The normalized spacial score (nSPS) is 16.2. The molecule has 1 saturated heterocycles. The molecule has 0 radical (unpaired) electrons. The lowest BCUT2D eigenvalue weighted by Gasteiger charge is -2.21. The lowest BCUT2D eigenvalue weighted by molar-refractivity contribution is 0.379. The second kappa shape index (κ2) is 8.05. The highest BCUT2D eigenvalue weighted by Crippen LogP contribution is 2.30. The Kier molecular flexibility index (Phi) is 5.77. The first-order valence-electron chi connectivity index (χ1n) is 8.72. The number of sulfonamides is 1. The molecule has 0 bridgehead atoms. The highest BCUT2D eigenvalue weighted by Gasteiger charge is 2.26. The molecule has 0 unspecified atom stereocenters. The van der Waals surface area contributed by atoms with E-state index in [0.29, 0.717) is 36.2 Å². The molecular weight excluding hydrogens is 356 g/mol. The Labute approximate surface area is 153 Å². The van der Waals surface area contributed by atoms with E-state index < -0.39 is 10.0 Å². The predicted molar refractivity (Wildman–Crippen MR) is 96.6 cm³/mol. The summed E-state index contributed by atoms with van der Waals surface area (Å²) in [5.74, 6) is 1.52. The van der Waals surface area contributed by atoms with Crippen LogP contribution >= 0.6 is 0 Å². The van der Waals surface area contributed by atoms with E-state index in [1.54, 1.807) is 36.5 Å². The molecule has 2 aromatic rings. The summed E-state index contributed by atoms with van der Waals surface area (Å²) in [5, 5.41) is 6.86. The van der Waals surface area contributed by atoms with Crippen molar-refractivity contribution in [3.63, 3.8) is 0 Å². The number of benzene rings is 1. The molecule has 26 heavy (non-hydrogen) atoms. The number of nitrogens with zero attached hydrogens (tertiary/aromatic N) is 3. The van der Waals surface area contributed by atoms with Gasteiger partial charge < -0.3 is 14.6 Å². The first-order chi connectivity index (χ1) is 12.5. The maximum atomic E-state index is 13.0. The maximum absolute atomic E-state index is 13.0. The quantitative estimate of drug-likeness (QED) is 0.822. The van der Waals surface area contributed by atoms with Crippen LogP contribution in [0.5, 0.6) is 5.75 Å². The van der Waals surface area contributed by atoms with Crippen LogP contribution in [0.15, 0.2) is 27.6 Å². The van der Waals surface area contributed by atoms with Gasteiger partial charge in [0.15, 0.2) is 5.82 Å². The SMILES string of the molecule is COc1ccc(S(=O)(=O)N2CCCCCC2)cc1NCc1nc(C)no1. The van der Waals surface area contributed by atoms with Crippen molar-refractivity contribution in [1.29, 1.82) is 0 Å². The third kappa shape index (κ3) is 4.16. The van der Waals surface area contributed by atoms with Crippen molar-refractivity contribution in [3.05, 3.63) is 29.9 Å². The van der Waals surface area contributed by atoms with Crippen molar-refractivity contribution < 1.29 is 17.7 Å². The molecule has 8 nitrogen and oxygen atoms in total. The Balaban J connectivity index is 1.83. The molecule has 1 fully saturated rings. The van der Waals surface area contributed by atoms with Crippen LogP contribution in [0.1, 0.15) is 37.4 Å². The Hall–Kier alpha value is -2.13. The van der Waals surface area contributed by atoms with Gasteiger partial charge in [0.2, 0.25) is 15.9 Å². The minimum Gasteiger partial charge on any atom is -0.495 e. The predicted octanol–water partition coefficient (Wildman–Crippen LogP) is 2.56. The maximum Gasteiger partial charge on any atom is 0.245 e. The van der Waals surface area contributed by atoms with Crippen LogP contribution in [0.4, 0.5) is 5.69 Å². The Morgan fingerprint density at radius 3 is 2.58 bits per heavy atom. The van der Waals surface area contributed by atoms with Gasteiger partial charge in [-0.1, -0.05) is 18.0 Å². The van der Waals surface area contributed by atoms with Gasteiger partial charge >= 0.3 is 0 Å². The number of aromatic nitrogens is 2. The topological polar surface area (TPSA) is 97.6 Å². The van der Waals surface area contributed by atoms with Gasteiger partial charge in [0.05, 0.1) is 24.2 Å². The number of hydrogen-bond acceptors (Lipinski definition) is 7. The lowest BCUT2D eigenvalue weighted by atomic mass is 10.2. The minimum absolute atomic E-state index is 0.254. The molecule has 1 aromatic heterocycles. The number of rotatable bonds is 6. The molecule has 9 heteroatoms. The van der Waals surface area contributed by atoms with Crippen LogP contribution in [0.2, 0.25) is 0 Å². The van der Waals surface area contributed by atoms with Crippen LogP contribution in [-0.2, 0) is 16.6 Å². The highest BCUT2D eigenvalue weighted by molar-refractivity contribution is 7.89. The van der Waals surface area contributed by atoms with E-state index in [1.807, 2.05) is 0 Å². The van der Waals surface area contributed by atoms with E-state index >= 15 is 0 Å². The van der Waals surface area contributed by atoms with Crippen LogP contribution in [0.25, 0.3) is 0 Å². The van der Waals surface area contributed by atoms with Gasteiger partial charge in [0, 0.05) is 13.1 Å². The number of methoxy groups -OCH3 is 1. The standard InChI is InChI=1S/C17H24N4O4S/c1-13-19-17(25-20-13)12-18-15-11-14(7-8-16(15)24-2)26(22,23)21-9-5-3-4-6-10-21/h7-8,11,18H,3-6,9-10,12H2,1-2H3. The summed E-state index contributed by atoms with van der Waals surface area (Å²) >= 11 is 0. The van der Waals surface area contributed by atoms with Crippen LogP contribution in [0.3, 0.4) is 0 Å². The summed E-state index contributed by atoms with van der Waals surface area (Å²) in [6.07, 6.45) is 3.95. The molecule has 0 aliphatic carbocycles. The van der Waals surface area contributed by atoms with Gasteiger partial charge in [-0.05, 0) is 38.0 Å². The zero-order valence-corrected chi connectivity index (χ0v) is 15.9. The summed E-state index contributed by atoms with van der Waals surface area (Å²) in [7, 11) is -1.98. The van der Waals surface area contributed by atoms with Gasteiger partial charge in [-0.25, -0.2) is 8.42 Å². The van der Waals surface area contributed by atoms with Crippen LogP contribution in [-0.4, -0.2) is 43.1 Å². The van der Waals surface area contributed by atoms with Crippen molar-refractivity contribution in [3.8, 4) is 5.75 Å². The molecule has 3 rings (SSSR count). The summed E-state index contributed by atoms with van der Waals surface area (Å²) < 4.78 is 38.0. The molecule has 1 aromatic carbocycles. The zero-order chi connectivity index (χ0) is 18.6. The van der Waals surface area contributed by atoms with Crippen molar-refractivity contribution in [2.45, 2.75) is 44.0 Å². The number of aryl methyl sites for hydroxylation is 1. The largest absolute Gasteiger partial charge is 0.495 e. The number of anilines is 1. The molecular formula is C17H24N4O4S. The van der Waals surface area contributed by atoms with E-state index in [2.05, 4.69) is 15.5 Å². The highest BCUT2D eigenvalue weighted by atomic mass is 32.2. The number of hydrogen-bond donors (Lipinski definition) is 1. The van der Waals surface area contributed by atoms with E-state index in [-0.39, 0.29) is 11.4 Å². The summed E-state index contributed by atoms with van der Waals surface area (Å²) in [5.41, 5.74) is 0.569. The lowest BCUT2D eigenvalue weighted by Crippen LogP contribution is -2.32. The first-order valence-corrected chi connectivity index (χ1v) is 10.2. The average molecular weight is 380 g/mol. The van der Waals surface area contributed by atoms with Crippen LogP contribution < -0.4 is 10.1 Å². The fraction of sp³-hybridized carbons (Fsp3) is 0.529. The summed E-state index contributed by atoms with van der Waals surface area (Å²) in [4.78, 5) is 4.38. The molecule has 1 N–H and O–H groups in total. The molecule has 2 heterocycles. The third-order valence-corrected chi connectivity index (χ3v) is 6.27. The summed E-state index contributed by atoms with van der Waals surface area (Å²) in [6, 6.07) is 4.84. The Morgan fingerprint density at radius 1 is 1.23 bits per heavy atom. The van der Waals surface area contributed by atoms with Gasteiger partial charge in [0.1, 0.15) is 5.75 Å². The van der Waals surface area contributed by atoms with Crippen LogP contribution in [0, 0.1) is 6.92 Å². The monoisotopic (exact) mass is 380 g/mol. The third-order valence-electron chi connectivity index (χ3n) is 4.37. The molecule has 1 aliphatic heterocycles. The van der Waals surface area contributed by atoms with E-state index in [1.165, 1.54) is 0 Å². The van der Waals surface area contributed by atoms with E-state index in [9.17, 15) is 8.42 Å². The van der Waals surface area contributed by atoms with Gasteiger partial charge in [-0.2, -0.15) is 9.29 Å². The molecule has 1 aliphatic rings. The van der Waals surface area contributed by atoms with E-state index in [0.717, 1.165) is 25.7 Å². The van der Waals surface area contributed by atoms with Crippen molar-refractivity contribution in [1.82, 2.24) is 14.4 Å². The van der Waals surface area contributed by atoms with Crippen molar-refractivity contribution >= 4 is 15.7 Å². The van der Waals surface area contributed by atoms with Gasteiger partial charge in [-0.3, -0.25) is 0 Å². The minimum atomic E-state index is -3.53. The van der Waals surface area contributed by atoms with Crippen molar-refractivity contribution in [2.75, 3.05) is 25.5 Å². The fourth-order valence-corrected chi connectivity index (χ4v) is 4.54. The average Bonchev–Trinajstić information content (AvgIpc) is 2.87. The van der Waals surface area contributed by atoms with Crippen molar-refractivity contribution in [2.24, 2.45) is 0 Å². The number of nitrogens with one attached hydrogen (secondary N) is 1. The fourth-order valence-electron chi connectivity index (χ4n) is 3.00. The smallest absolute Gasteiger partial charge is 0.245 e. The number of ether oxygens (including phenoxy) is 1. The van der Waals surface area contributed by atoms with Gasteiger partial charge in [-0.15, -0.1) is 0 Å². The molecule has 0 spiro atoms. The summed E-state index contributed by atoms with van der Waals surface area (Å²) in [6.45, 7) is 3.16. The zero-order valence-electron chi connectivity index (χ0n) is 15.1. The first kappa shape index (κ1) is 18.7. The molecule has 142 valence electrons. The van der Waals surface area contributed by atoms with Gasteiger partial charge in [0.25, 0.3) is 0 Å². The molecule has 0 amide bonds. The Morgan fingerprint density at radius 2 is 1.96 bits per heavy atom. The Bertz CT molecular complexity index is 842. The second-order valence-electron chi connectivity index (χ2n) is 6.27. The van der Waals surface area contributed by atoms with E-state index in [4.69, 9.17) is 9.26 Å².